The largest absolute Gasteiger partial charge is 0.365 e. The van der Waals surface area contributed by atoms with E-state index >= 15 is 0 Å². The summed E-state index contributed by atoms with van der Waals surface area (Å²) >= 11 is 0. The Morgan fingerprint density at radius 1 is 1.05 bits per heavy atom. The minimum atomic E-state index is -0.499. The van der Waals surface area contributed by atoms with Gasteiger partial charge in [-0.05, 0) is 34.2 Å². The second-order valence-electron chi connectivity index (χ2n) is 4.77. The van der Waals surface area contributed by atoms with Gasteiger partial charge in [0.15, 0.2) is 0 Å². The van der Waals surface area contributed by atoms with Crippen molar-refractivity contribution < 1.29 is 9.63 Å². The van der Waals surface area contributed by atoms with Gasteiger partial charge in [0, 0.05) is 6.20 Å². The quantitative estimate of drug-likeness (QED) is 0.530. The zero-order chi connectivity index (χ0) is 14.9. The van der Waals surface area contributed by atoms with E-state index in [4.69, 9.17) is 4.84 Å². The molecule has 4 aromatic rings. The molecule has 106 valence electrons. The number of nitrogens with zero attached hydrogens (tertiary/aromatic N) is 4. The molecule has 2 aromatic carbocycles. The normalized spacial score (nSPS) is 10.9. The van der Waals surface area contributed by atoms with Crippen LogP contribution in [0, 0.1) is 0 Å². The molecule has 0 unspecified atom stereocenters. The first-order chi connectivity index (χ1) is 10.8. The fraction of sp³-hybridized carbons (Fsp3) is 0. The maximum atomic E-state index is 12.3. The molecule has 0 saturated heterocycles. The lowest BCUT2D eigenvalue weighted by atomic mass is 10.1. The van der Waals surface area contributed by atoms with E-state index in [1.54, 1.807) is 30.6 Å². The summed E-state index contributed by atoms with van der Waals surface area (Å²) in [5, 5.41) is 9.76. The highest BCUT2D eigenvalue weighted by Gasteiger charge is 2.13. The molecule has 0 spiro atoms. The summed E-state index contributed by atoms with van der Waals surface area (Å²) in [7, 11) is 0. The molecule has 0 saturated carbocycles. The Labute approximate surface area is 124 Å². The van der Waals surface area contributed by atoms with Crippen LogP contribution in [0.3, 0.4) is 0 Å². The van der Waals surface area contributed by atoms with Crippen molar-refractivity contribution in [3.63, 3.8) is 0 Å². The monoisotopic (exact) mass is 290 g/mol. The van der Waals surface area contributed by atoms with E-state index in [0.29, 0.717) is 16.6 Å². The minimum absolute atomic E-state index is 0.450. The first-order valence-corrected chi connectivity index (χ1v) is 6.68. The maximum Gasteiger partial charge on any atom is 0.365 e. The Kier molecular flexibility index (Phi) is 2.79. The Hall–Kier alpha value is -3.28. The Morgan fingerprint density at radius 3 is 2.82 bits per heavy atom. The highest BCUT2D eigenvalue weighted by molar-refractivity contribution is 5.95. The van der Waals surface area contributed by atoms with Crippen molar-refractivity contribution in [3.8, 4) is 0 Å². The minimum Gasteiger partial charge on any atom is -0.312 e. The SMILES string of the molecule is O=C(On1nnc2ccncc21)c1ccc2ccccc2c1. The second-order valence-corrected chi connectivity index (χ2v) is 4.77. The molecule has 6 heteroatoms. The third-order valence-electron chi connectivity index (χ3n) is 3.37. The number of rotatable bonds is 2. The van der Waals surface area contributed by atoms with Crippen LogP contribution < -0.4 is 4.84 Å². The van der Waals surface area contributed by atoms with Crippen LogP contribution in [0.1, 0.15) is 10.4 Å². The summed E-state index contributed by atoms with van der Waals surface area (Å²) in [5.74, 6) is -0.499. The number of hydrogen-bond donors (Lipinski definition) is 0. The van der Waals surface area contributed by atoms with E-state index in [9.17, 15) is 4.79 Å². The van der Waals surface area contributed by atoms with Gasteiger partial charge in [0.25, 0.3) is 0 Å². The molecule has 6 nitrogen and oxygen atoms in total. The van der Waals surface area contributed by atoms with Gasteiger partial charge in [-0.1, -0.05) is 35.2 Å². The van der Waals surface area contributed by atoms with Gasteiger partial charge in [-0.25, -0.2) is 4.79 Å². The smallest absolute Gasteiger partial charge is 0.312 e. The number of benzene rings is 2. The van der Waals surface area contributed by atoms with Crippen molar-refractivity contribution >= 4 is 27.8 Å². The lowest BCUT2D eigenvalue weighted by molar-refractivity contribution is 0.0409. The van der Waals surface area contributed by atoms with E-state index in [1.807, 2.05) is 30.3 Å². The number of aromatic nitrogens is 4. The molecule has 0 bridgehead atoms. The van der Waals surface area contributed by atoms with E-state index in [2.05, 4.69) is 15.3 Å². The second kappa shape index (κ2) is 4.92. The number of carbonyl (C=O) groups excluding carboxylic acids is 1. The number of fused-ring (bicyclic) bond motifs is 2. The molecule has 0 aliphatic heterocycles. The van der Waals surface area contributed by atoms with Gasteiger partial charge in [-0.2, -0.15) is 0 Å². The Balaban J connectivity index is 1.68. The summed E-state index contributed by atoms with van der Waals surface area (Å²) in [4.78, 5) is 22.6. The standard InChI is InChI=1S/C16H10N4O2/c21-16(13-6-5-11-3-1-2-4-12(11)9-13)22-20-15-10-17-8-7-14(15)18-19-20/h1-10H. The van der Waals surface area contributed by atoms with Gasteiger partial charge >= 0.3 is 5.97 Å². The van der Waals surface area contributed by atoms with E-state index in [-0.39, 0.29) is 0 Å². The fourth-order valence-electron chi connectivity index (χ4n) is 2.26. The highest BCUT2D eigenvalue weighted by Crippen LogP contribution is 2.16. The molecule has 0 radical (unpaired) electrons. The van der Waals surface area contributed by atoms with E-state index < -0.39 is 5.97 Å². The van der Waals surface area contributed by atoms with Crippen molar-refractivity contribution in [2.75, 3.05) is 0 Å². The molecule has 0 aliphatic rings. The summed E-state index contributed by atoms with van der Waals surface area (Å²) in [6.45, 7) is 0. The zero-order valence-corrected chi connectivity index (χ0v) is 11.4. The van der Waals surface area contributed by atoms with Crippen LogP contribution in [0.2, 0.25) is 0 Å². The molecule has 2 heterocycles. The molecule has 0 atom stereocenters. The Morgan fingerprint density at radius 2 is 1.91 bits per heavy atom. The van der Waals surface area contributed by atoms with Crippen LogP contribution in [0.5, 0.6) is 0 Å². The third kappa shape index (κ3) is 2.07. The predicted octanol–water partition coefficient (Wildman–Crippen LogP) is 2.25. The molecule has 0 aliphatic carbocycles. The fourth-order valence-corrected chi connectivity index (χ4v) is 2.26. The Bertz CT molecular complexity index is 993. The first kappa shape index (κ1) is 12.5. The summed E-state index contributed by atoms with van der Waals surface area (Å²) < 4.78 is 0. The van der Waals surface area contributed by atoms with E-state index in [1.165, 1.54) is 0 Å². The average Bonchev–Trinajstić information content (AvgIpc) is 2.97. The van der Waals surface area contributed by atoms with Crippen molar-refractivity contribution in [2.24, 2.45) is 0 Å². The molecular formula is C16H10N4O2. The number of pyridine rings is 1. The van der Waals surface area contributed by atoms with Crippen LogP contribution in [0.15, 0.2) is 60.9 Å². The van der Waals surface area contributed by atoms with Crippen LogP contribution in [-0.4, -0.2) is 26.1 Å². The van der Waals surface area contributed by atoms with Crippen molar-refractivity contribution in [1.82, 2.24) is 20.1 Å². The molecule has 22 heavy (non-hydrogen) atoms. The molecule has 0 amide bonds. The van der Waals surface area contributed by atoms with Gasteiger partial charge < -0.3 is 4.84 Å². The molecule has 0 fully saturated rings. The number of hydrogen-bond acceptors (Lipinski definition) is 5. The predicted molar refractivity (Wildman–Crippen MR) is 80.2 cm³/mol. The van der Waals surface area contributed by atoms with Crippen molar-refractivity contribution in [2.45, 2.75) is 0 Å². The summed E-state index contributed by atoms with van der Waals surface area (Å²) in [5.41, 5.74) is 1.60. The van der Waals surface area contributed by atoms with Crippen LogP contribution in [0.4, 0.5) is 0 Å². The van der Waals surface area contributed by atoms with Crippen molar-refractivity contribution in [3.05, 3.63) is 66.5 Å². The van der Waals surface area contributed by atoms with Gasteiger partial charge in [0.2, 0.25) is 0 Å². The van der Waals surface area contributed by atoms with Gasteiger partial charge in [-0.15, -0.1) is 5.10 Å². The lowest BCUT2D eigenvalue weighted by Gasteiger charge is -2.04. The molecule has 4 rings (SSSR count). The topological polar surface area (TPSA) is 69.9 Å². The summed E-state index contributed by atoms with van der Waals surface area (Å²) in [6.07, 6.45) is 3.15. The molecular weight excluding hydrogens is 280 g/mol. The molecule has 2 aromatic heterocycles. The average molecular weight is 290 g/mol. The highest BCUT2D eigenvalue weighted by atomic mass is 16.7. The third-order valence-corrected chi connectivity index (χ3v) is 3.37. The van der Waals surface area contributed by atoms with Crippen LogP contribution in [-0.2, 0) is 0 Å². The van der Waals surface area contributed by atoms with Crippen LogP contribution in [0.25, 0.3) is 21.8 Å². The van der Waals surface area contributed by atoms with Crippen molar-refractivity contribution in [1.29, 1.82) is 0 Å². The number of carbonyl (C=O) groups is 1. The summed E-state index contributed by atoms with van der Waals surface area (Å²) in [6, 6.07) is 14.9. The maximum absolute atomic E-state index is 12.3. The first-order valence-electron chi connectivity index (χ1n) is 6.68. The van der Waals surface area contributed by atoms with E-state index in [0.717, 1.165) is 15.6 Å². The van der Waals surface area contributed by atoms with Gasteiger partial charge in [-0.3, -0.25) is 4.98 Å². The molecule has 0 N–H and O–H groups in total. The zero-order valence-electron chi connectivity index (χ0n) is 11.4. The van der Waals surface area contributed by atoms with Crippen LogP contribution >= 0.6 is 0 Å². The van der Waals surface area contributed by atoms with Gasteiger partial charge in [0.1, 0.15) is 11.0 Å². The lowest BCUT2D eigenvalue weighted by Crippen LogP contribution is -2.21. The van der Waals surface area contributed by atoms with Gasteiger partial charge in [0.05, 0.1) is 11.8 Å².